The number of para-hydroxylation sites is 4. The average molecular weight is 710 g/mol. The molecule has 0 bridgehead atoms. The average Bonchev–Trinajstić information content (AvgIpc) is 3.20. The van der Waals surface area contributed by atoms with Gasteiger partial charge >= 0.3 is 0 Å². The second-order valence-corrected chi connectivity index (χ2v) is 13.4. The smallest absolute Gasteiger partial charge is 0.0462 e. The minimum atomic E-state index is 0.666. The van der Waals surface area contributed by atoms with Crippen molar-refractivity contribution in [2.75, 3.05) is 9.80 Å². The van der Waals surface area contributed by atoms with Crippen LogP contribution in [0.1, 0.15) is 0 Å². The Labute approximate surface area is 315 Å². The predicted molar refractivity (Wildman–Crippen MR) is 222 cm³/mol. The first-order valence-electron chi connectivity index (χ1n) is 17.2. The lowest BCUT2D eigenvalue weighted by Crippen LogP contribution is -2.09. The van der Waals surface area contributed by atoms with Gasteiger partial charge in [-0.15, -0.1) is 0 Å². The van der Waals surface area contributed by atoms with Crippen molar-refractivity contribution in [1.29, 1.82) is 0 Å². The van der Waals surface area contributed by atoms with Crippen molar-refractivity contribution in [2.45, 2.75) is 0 Å². The lowest BCUT2D eigenvalue weighted by atomic mass is 9.96. The summed E-state index contributed by atoms with van der Waals surface area (Å²) in [5, 5.41) is 1.33. The quantitative estimate of drug-likeness (QED) is 0.147. The molecule has 0 spiro atoms. The molecule has 8 rings (SSSR count). The Morgan fingerprint density at radius 1 is 0.231 bits per heavy atom. The maximum absolute atomic E-state index is 6.79. The largest absolute Gasteiger partial charge is 0.311 e. The molecule has 0 saturated heterocycles. The van der Waals surface area contributed by atoms with Crippen LogP contribution in [-0.2, 0) is 0 Å². The zero-order valence-corrected chi connectivity index (χ0v) is 29.8. The van der Waals surface area contributed by atoms with Crippen molar-refractivity contribution in [3.05, 3.63) is 216 Å². The first kappa shape index (κ1) is 33.1. The van der Waals surface area contributed by atoms with Crippen molar-refractivity contribution in [2.24, 2.45) is 0 Å². The van der Waals surface area contributed by atoms with E-state index in [1.807, 2.05) is 48.5 Å². The molecule has 0 aliphatic heterocycles. The summed E-state index contributed by atoms with van der Waals surface area (Å²) in [6, 6.07) is 71.4. The molecule has 4 heteroatoms. The number of hydrogen-bond donors (Lipinski definition) is 0. The van der Waals surface area contributed by atoms with Crippen LogP contribution in [0, 0.1) is 0 Å². The topological polar surface area (TPSA) is 6.48 Å². The summed E-state index contributed by atoms with van der Waals surface area (Å²) in [7, 11) is 0. The number of rotatable bonds is 9. The zero-order chi connectivity index (χ0) is 35.3. The fraction of sp³-hybridized carbons (Fsp3) is 0. The molecule has 52 heavy (non-hydrogen) atoms. The molecule has 0 unspecified atom stereocenters. The fourth-order valence-corrected chi connectivity index (χ4v) is 7.12. The van der Waals surface area contributed by atoms with E-state index in [0.717, 1.165) is 67.5 Å². The minimum absolute atomic E-state index is 0.666. The van der Waals surface area contributed by atoms with Gasteiger partial charge in [0.1, 0.15) is 0 Å². The third-order valence-corrected chi connectivity index (χ3v) is 9.54. The Bertz CT molecular complexity index is 2140. The number of benzene rings is 8. The highest BCUT2D eigenvalue weighted by atomic mass is 35.5. The molecule has 8 aromatic carbocycles. The lowest BCUT2D eigenvalue weighted by molar-refractivity contribution is 1.28. The molecular formula is C48H34Cl2N2. The lowest BCUT2D eigenvalue weighted by Gasteiger charge is -2.25. The van der Waals surface area contributed by atoms with Crippen LogP contribution < -0.4 is 9.80 Å². The molecule has 0 aromatic heterocycles. The molecule has 0 aliphatic rings. The molecule has 0 radical (unpaired) electrons. The molecule has 0 saturated carbocycles. The highest BCUT2D eigenvalue weighted by Crippen LogP contribution is 2.39. The van der Waals surface area contributed by atoms with Gasteiger partial charge in [-0.1, -0.05) is 120 Å². The third kappa shape index (κ3) is 7.22. The summed E-state index contributed by atoms with van der Waals surface area (Å²) < 4.78 is 0. The summed E-state index contributed by atoms with van der Waals surface area (Å²) in [5.41, 5.74) is 12.8. The van der Waals surface area contributed by atoms with Crippen LogP contribution in [0.5, 0.6) is 0 Å². The first-order chi connectivity index (χ1) is 25.6. The van der Waals surface area contributed by atoms with Gasteiger partial charge in [0.05, 0.1) is 0 Å². The van der Waals surface area contributed by atoms with Crippen LogP contribution in [0.3, 0.4) is 0 Å². The molecular weight excluding hydrogens is 675 g/mol. The van der Waals surface area contributed by atoms with Crippen LogP contribution in [0.2, 0.25) is 10.0 Å². The van der Waals surface area contributed by atoms with Gasteiger partial charge in [-0.25, -0.2) is 0 Å². The van der Waals surface area contributed by atoms with Gasteiger partial charge in [0.15, 0.2) is 0 Å². The summed E-state index contributed by atoms with van der Waals surface area (Å²) in [4.78, 5) is 4.52. The van der Waals surface area contributed by atoms with Crippen molar-refractivity contribution in [3.8, 4) is 33.4 Å². The molecule has 250 valence electrons. The fourth-order valence-electron chi connectivity index (χ4n) is 6.65. The van der Waals surface area contributed by atoms with Gasteiger partial charge in [-0.2, -0.15) is 0 Å². The number of halogens is 2. The third-order valence-electron chi connectivity index (χ3n) is 9.10. The highest BCUT2D eigenvalue weighted by Gasteiger charge is 2.15. The van der Waals surface area contributed by atoms with E-state index in [9.17, 15) is 0 Å². The van der Waals surface area contributed by atoms with Gasteiger partial charge in [0, 0.05) is 44.2 Å². The zero-order valence-electron chi connectivity index (χ0n) is 28.3. The molecule has 0 amide bonds. The van der Waals surface area contributed by atoms with Gasteiger partial charge in [0.2, 0.25) is 0 Å². The Balaban J connectivity index is 1.10. The summed E-state index contributed by atoms with van der Waals surface area (Å²) in [5.74, 6) is 0. The molecule has 0 atom stereocenters. The molecule has 8 aromatic rings. The van der Waals surface area contributed by atoms with E-state index in [0.29, 0.717) is 10.0 Å². The van der Waals surface area contributed by atoms with E-state index < -0.39 is 0 Å². The van der Waals surface area contributed by atoms with E-state index in [2.05, 4.69) is 168 Å². The van der Waals surface area contributed by atoms with Crippen LogP contribution in [0.15, 0.2) is 206 Å². The highest BCUT2D eigenvalue weighted by molar-refractivity contribution is 6.32. The van der Waals surface area contributed by atoms with E-state index in [1.165, 1.54) is 0 Å². The van der Waals surface area contributed by atoms with Crippen LogP contribution in [0.4, 0.5) is 34.1 Å². The first-order valence-corrected chi connectivity index (χ1v) is 18.0. The van der Waals surface area contributed by atoms with Crippen molar-refractivity contribution < 1.29 is 0 Å². The maximum Gasteiger partial charge on any atom is 0.0462 e. The van der Waals surface area contributed by atoms with E-state index in [4.69, 9.17) is 23.2 Å². The second kappa shape index (κ2) is 15.0. The second-order valence-electron chi connectivity index (χ2n) is 12.6. The Kier molecular flexibility index (Phi) is 9.58. The molecule has 0 N–H and O–H groups in total. The van der Waals surface area contributed by atoms with Gasteiger partial charge < -0.3 is 9.80 Å². The van der Waals surface area contributed by atoms with Crippen molar-refractivity contribution in [1.82, 2.24) is 0 Å². The van der Waals surface area contributed by atoms with Crippen LogP contribution >= 0.6 is 23.2 Å². The van der Waals surface area contributed by atoms with E-state index >= 15 is 0 Å². The standard InChI is InChI=1S/C48H34Cl2N2/c49-41-31-37(35-21-25-47(26-22-35)51(43-13-5-1-6-14-43)44-15-7-2-8-16-44)29-39(33-41)40-30-38(32-42(50)34-40)36-23-27-48(28-24-36)52(45-17-9-3-10-18-45)46-19-11-4-12-20-46/h1-34H. The number of hydrogen-bond acceptors (Lipinski definition) is 2. The SMILES string of the molecule is Clc1cc(-c2ccc(N(c3ccccc3)c3ccccc3)cc2)cc(-c2cc(Cl)cc(-c3ccc(N(c4ccccc4)c4ccccc4)cc3)c2)c1. The molecule has 0 aliphatic carbocycles. The summed E-state index contributed by atoms with van der Waals surface area (Å²) in [6.07, 6.45) is 0. The minimum Gasteiger partial charge on any atom is -0.311 e. The number of nitrogens with zero attached hydrogens (tertiary/aromatic N) is 2. The van der Waals surface area contributed by atoms with E-state index in [1.54, 1.807) is 0 Å². The van der Waals surface area contributed by atoms with Gasteiger partial charge in [-0.3, -0.25) is 0 Å². The summed E-state index contributed by atoms with van der Waals surface area (Å²) >= 11 is 13.6. The molecule has 2 nitrogen and oxygen atoms in total. The molecule has 0 heterocycles. The van der Waals surface area contributed by atoms with Gasteiger partial charge in [0.25, 0.3) is 0 Å². The normalized spacial score (nSPS) is 10.9. The Morgan fingerprint density at radius 2 is 0.462 bits per heavy atom. The predicted octanol–water partition coefficient (Wildman–Crippen LogP) is 14.9. The Hall–Kier alpha value is -6.06. The van der Waals surface area contributed by atoms with Crippen molar-refractivity contribution >= 4 is 57.3 Å². The van der Waals surface area contributed by atoms with Gasteiger partial charge in [-0.05, 0) is 143 Å². The Morgan fingerprint density at radius 3 is 0.731 bits per heavy atom. The van der Waals surface area contributed by atoms with Crippen LogP contribution in [-0.4, -0.2) is 0 Å². The maximum atomic E-state index is 6.79. The van der Waals surface area contributed by atoms with E-state index in [-0.39, 0.29) is 0 Å². The van der Waals surface area contributed by atoms with Crippen LogP contribution in [0.25, 0.3) is 33.4 Å². The molecule has 0 fully saturated rings. The monoisotopic (exact) mass is 708 g/mol. The van der Waals surface area contributed by atoms with Crippen molar-refractivity contribution in [3.63, 3.8) is 0 Å². The summed E-state index contributed by atoms with van der Waals surface area (Å²) in [6.45, 7) is 0. The number of anilines is 6.